The minimum atomic E-state index is -0.928. The van der Waals surface area contributed by atoms with E-state index >= 15 is 0 Å². The second kappa shape index (κ2) is 8.19. The summed E-state index contributed by atoms with van der Waals surface area (Å²) in [5.74, 6) is -1.91. The maximum absolute atomic E-state index is 12.8. The second-order valence-corrected chi connectivity index (χ2v) is 6.88. The summed E-state index contributed by atoms with van der Waals surface area (Å²) >= 11 is 0. The van der Waals surface area contributed by atoms with Crippen molar-refractivity contribution in [3.63, 3.8) is 0 Å². The molecule has 3 rings (SSSR count). The first-order valence-corrected chi connectivity index (χ1v) is 8.89. The monoisotopic (exact) mass is 396 g/mol. The molecule has 9 nitrogen and oxygen atoms in total. The van der Waals surface area contributed by atoms with Crippen molar-refractivity contribution in [3.8, 4) is 0 Å². The standard InChI is InChI=1S/C20H20N4O5/c1-22(2)10-11-23-17(14-4-3-5-15(12-14)24(28)29)16(19(26)20(23)27)18(25)13-6-8-21-9-7-13/h3-9,12,17,25H,10-11H2,1-2H3/b18-16+. The molecule has 1 atom stereocenters. The van der Waals surface area contributed by atoms with Gasteiger partial charge in [-0.05, 0) is 31.8 Å². The molecule has 1 amide bonds. The predicted octanol–water partition coefficient (Wildman–Crippen LogP) is 1.97. The second-order valence-electron chi connectivity index (χ2n) is 6.88. The Labute approximate surface area is 167 Å². The number of Topliss-reactive ketones (excluding diaryl/α,β-unsaturated/α-hetero) is 1. The number of nitro groups is 1. The molecule has 150 valence electrons. The number of rotatable bonds is 6. The normalized spacial score (nSPS) is 18.4. The fourth-order valence-electron chi connectivity index (χ4n) is 3.24. The van der Waals surface area contributed by atoms with Crippen molar-refractivity contribution in [1.82, 2.24) is 14.8 Å². The Morgan fingerprint density at radius 2 is 1.93 bits per heavy atom. The van der Waals surface area contributed by atoms with Gasteiger partial charge in [0.15, 0.2) is 0 Å². The van der Waals surface area contributed by atoms with Gasteiger partial charge in [0.1, 0.15) is 5.76 Å². The molecule has 0 bridgehead atoms. The van der Waals surface area contributed by atoms with Crippen LogP contribution in [0.15, 0.2) is 54.4 Å². The maximum Gasteiger partial charge on any atom is 0.295 e. The Hall–Kier alpha value is -3.59. The van der Waals surface area contributed by atoms with Crippen LogP contribution in [0.2, 0.25) is 0 Å². The summed E-state index contributed by atoms with van der Waals surface area (Å²) in [6, 6.07) is 7.86. The largest absolute Gasteiger partial charge is 0.507 e. The molecule has 0 radical (unpaired) electrons. The van der Waals surface area contributed by atoms with Crippen molar-refractivity contribution < 1.29 is 19.6 Å². The lowest BCUT2D eigenvalue weighted by Gasteiger charge is -2.26. The minimum Gasteiger partial charge on any atom is -0.507 e. The van der Waals surface area contributed by atoms with E-state index < -0.39 is 22.7 Å². The number of nitro benzene ring substituents is 1. The highest BCUT2D eigenvalue weighted by atomic mass is 16.6. The van der Waals surface area contributed by atoms with Gasteiger partial charge >= 0.3 is 0 Å². The number of ketones is 1. The Morgan fingerprint density at radius 3 is 2.55 bits per heavy atom. The van der Waals surface area contributed by atoms with Crippen molar-refractivity contribution in [1.29, 1.82) is 0 Å². The van der Waals surface area contributed by atoms with Gasteiger partial charge in [-0.15, -0.1) is 0 Å². The van der Waals surface area contributed by atoms with E-state index in [1.807, 2.05) is 19.0 Å². The number of pyridine rings is 1. The van der Waals surface area contributed by atoms with Gasteiger partial charge in [0.2, 0.25) is 0 Å². The van der Waals surface area contributed by atoms with Crippen molar-refractivity contribution >= 4 is 23.1 Å². The van der Waals surface area contributed by atoms with Crippen LogP contribution in [0, 0.1) is 10.1 Å². The van der Waals surface area contributed by atoms with E-state index in [1.165, 1.54) is 47.6 Å². The first kappa shape index (κ1) is 20.2. The van der Waals surface area contributed by atoms with Crippen LogP contribution in [0.4, 0.5) is 5.69 Å². The lowest BCUT2D eigenvalue weighted by molar-refractivity contribution is -0.384. The van der Waals surface area contributed by atoms with E-state index in [-0.39, 0.29) is 23.6 Å². The molecule has 1 N–H and O–H groups in total. The van der Waals surface area contributed by atoms with E-state index in [2.05, 4.69) is 4.98 Å². The van der Waals surface area contributed by atoms with E-state index in [4.69, 9.17) is 0 Å². The third kappa shape index (κ3) is 3.99. The molecule has 2 heterocycles. The van der Waals surface area contributed by atoms with Gasteiger partial charge in [-0.1, -0.05) is 12.1 Å². The number of carbonyl (C=O) groups excluding carboxylic acids is 2. The van der Waals surface area contributed by atoms with Crippen LogP contribution in [0.25, 0.3) is 5.76 Å². The number of aliphatic hydroxyl groups excluding tert-OH is 1. The van der Waals surface area contributed by atoms with Crippen LogP contribution >= 0.6 is 0 Å². The number of nitrogens with zero attached hydrogens (tertiary/aromatic N) is 4. The van der Waals surface area contributed by atoms with Gasteiger partial charge in [0.05, 0.1) is 16.5 Å². The highest BCUT2D eigenvalue weighted by Crippen LogP contribution is 2.39. The Morgan fingerprint density at radius 1 is 1.24 bits per heavy atom. The zero-order valence-corrected chi connectivity index (χ0v) is 16.0. The van der Waals surface area contributed by atoms with Crippen molar-refractivity contribution in [2.24, 2.45) is 0 Å². The number of likely N-dealkylation sites (tertiary alicyclic amines) is 1. The number of carbonyl (C=O) groups is 2. The number of likely N-dealkylation sites (N-methyl/N-ethyl adjacent to an activating group) is 1. The number of non-ortho nitro benzene ring substituents is 1. The van der Waals surface area contributed by atoms with E-state index in [0.29, 0.717) is 17.7 Å². The molecular weight excluding hydrogens is 376 g/mol. The topological polar surface area (TPSA) is 117 Å². The fraction of sp³-hybridized carbons (Fsp3) is 0.250. The quantitative estimate of drug-likeness (QED) is 0.261. The number of hydrogen-bond donors (Lipinski definition) is 1. The highest BCUT2D eigenvalue weighted by Gasteiger charge is 2.46. The molecule has 2 aromatic rings. The van der Waals surface area contributed by atoms with Gasteiger partial charge < -0.3 is 14.9 Å². The summed E-state index contributed by atoms with van der Waals surface area (Å²) < 4.78 is 0. The highest BCUT2D eigenvalue weighted by molar-refractivity contribution is 6.46. The average Bonchev–Trinajstić information content (AvgIpc) is 2.97. The number of amides is 1. The average molecular weight is 396 g/mol. The summed E-state index contributed by atoms with van der Waals surface area (Å²) in [5, 5.41) is 22.0. The van der Waals surface area contributed by atoms with Crippen LogP contribution in [0.5, 0.6) is 0 Å². The Balaban J connectivity index is 2.17. The van der Waals surface area contributed by atoms with Crippen LogP contribution in [0.1, 0.15) is 17.2 Å². The van der Waals surface area contributed by atoms with E-state index in [9.17, 15) is 24.8 Å². The molecule has 0 aliphatic carbocycles. The molecule has 1 unspecified atom stereocenters. The predicted molar refractivity (Wildman–Crippen MR) is 105 cm³/mol. The zero-order valence-electron chi connectivity index (χ0n) is 16.0. The van der Waals surface area contributed by atoms with Gasteiger partial charge in [0.25, 0.3) is 17.4 Å². The minimum absolute atomic E-state index is 0.0968. The molecule has 1 aliphatic heterocycles. The number of aromatic nitrogens is 1. The van der Waals surface area contributed by atoms with E-state index in [1.54, 1.807) is 6.07 Å². The summed E-state index contributed by atoms with van der Waals surface area (Å²) in [4.78, 5) is 43.3. The first-order valence-electron chi connectivity index (χ1n) is 8.89. The van der Waals surface area contributed by atoms with Crippen LogP contribution in [-0.4, -0.2) is 63.7 Å². The lowest BCUT2D eigenvalue weighted by atomic mass is 9.95. The summed E-state index contributed by atoms with van der Waals surface area (Å²) in [7, 11) is 3.66. The zero-order chi connectivity index (χ0) is 21.1. The number of benzene rings is 1. The Bertz CT molecular complexity index is 987. The van der Waals surface area contributed by atoms with Crippen LogP contribution in [0.3, 0.4) is 0 Å². The Kier molecular flexibility index (Phi) is 5.69. The van der Waals surface area contributed by atoms with Gasteiger partial charge in [-0.2, -0.15) is 0 Å². The van der Waals surface area contributed by atoms with Gasteiger partial charge in [-0.25, -0.2) is 0 Å². The fourth-order valence-corrected chi connectivity index (χ4v) is 3.24. The van der Waals surface area contributed by atoms with Crippen molar-refractivity contribution in [3.05, 3.63) is 75.6 Å². The summed E-state index contributed by atoms with van der Waals surface area (Å²) in [5.41, 5.74) is 0.457. The molecule has 29 heavy (non-hydrogen) atoms. The van der Waals surface area contributed by atoms with E-state index in [0.717, 1.165) is 0 Å². The third-order valence-electron chi connectivity index (χ3n) is 4.68. The molecule has 0 saturated carbocycles. The smallest absolute Gasteiger partial charge is 0.295 e. The number of aliphatic hydroxyl groups is 1. The van der Waals surface area contributed by atoms with Gasteiger partial charge in [-0.3, -0.25) is 24.7 Å². The molecular formula is C20H20N4O5. The maximum atomic E-state index is 12.8. The lowest BCUT2D eigenvalue weighted by Crippen LogP contribution is -2.35. The van der Waals surface area contributed by atoms with Crippen LogP contribution < -0.4 is 0 Å². The van der Waals surface area contributed by atoms with Gasteiger partial charge in [0, 0.05) is 43.2 Å². The molecule has 1 aromatic carbocycles. The summed E-state index contributed by atoms with van der Waals surface area (Å²) in [6.45, 7) is 0.700. The molecule has 1 aliphatic rings. The number of hydrogen-bond acceptors (Lipinski definition) is 7. The third-order valence-corrected chi connectivity index (χ3v) is 4.68. The molecule has 1 aromatic heterocycles. The van der Waals surface area contributed by atoms with Crippen LogP contribution in [-0.2, 0) is 9.59 Å². The van der Waals surface area contributed by atoms with Crippen molar-refractivity contribution in [2.75, 3.05) is 27.2 Å². The SMILES string of the molecule is CN(C)CCN1C(=O)C(=O)/C(=C(/O)c2ccncc2)C1c1cccc([N+](=O)[O-])c1. The first-order chi connectivity index (χ1) is 13.8. The molecule has 1 fully saturated rings. The van der Waals surface area contributed by atoms with Crippen molar-refractivity contribution in [2.45, 2.75) is 6.04 Å². The molecule has 0 spiro atoms. The molecule has 1 saturated heterocycles. The molecule has 9 heteroatoms. The summed E-state index contributed by atoms with van der Waals surface area (Å²) in [6.07, 6.45) is 2.92.